The van der Waals surface area contributed by atoms with Crippen molar-refractivity contribution in [2.75, 3.05) is 0 Å². The third-order valence-corrected chi connectivity index (χ3v) is 5.04. The summed E-state index contributed by atoms with van der Waals surface area (Å²) in [5, 5.41) is 0. The molecular formula is C21H23N3O. The Morgan fingerprint density at radius 3 is 2.72 bits per heavy atom. The number of nitrogens with zero attached hydrogens (tertiary/aromatic N) is 3. The molecule has 0 unspecified atom stereocenters. The first-order valence-corrected chi connectivity index (χ1v) is 9.14. The quantitative estimate of drug-likeness (QED) is 0.693. The van der Waals surface area contributed by atoms with Crippen LogP contribution in [0.2, 0.25) is 0 Å². The molecule has 128 valence electrons. The molecule has 4 rings (SSSR count). The zero-order valence-corrected chi connectivity index (χ0v) is 14.6. The van der Waals surface area contributed by atoms with E-state index < -0.39 is 0 Å². The van der Waals surface area contributed by atoms with E-state index in [2.05, 4.69) is 27.8 Å². The van der Waals surface area contributed by atoms with Crippen molar-refractivity contribution < 1.29 is 4.79 Å². The van der Waals surface area contributed by atoms with E-state index in [-0.39, 0.29) is 5.78 Å². The fourth-order valence-corrected chi connectivity index (χ4v) is 3.93. The van der Waals surface area contributed by atoms with Crippen LogP contribution in [0.15, 0.2) is 42.6 Å². The van der Waals surface area contributed by atoms with E-state index in [0.29, 0.717) is 12.5 Å². The van der Waals surface area contributed by atoms with Crippen molar-refractivity contribution in [1.29, 1.82) is 0 Å². The molecule has 1 fully saturated rings. The molecule has 2 heterocycles. The van der Waals surface area contributed by atoms with Crippen LogP contribution in [0.4, 0.5) is 0 Å². The highest BCUT2D eigenvalue weighted by molar-refractivity contribution is 5.83. The number of carbonyl (C=O) groups is 1. The lowest BCUT2D eigenvalue weighted by Gasteiger charge is -2.25. The number of benzene rings is 1. The van der Waals surface area contributed by atoms with Gasteiger partial charge in [-0.15, -0.1) is 0 Å². The minimum atomic E-state index is 0.177. The van der Waals surface area contributed by atoms with Gasteiger partial charge in [0.15, 0.2) is 5.82 Å². The number of imidazole rings is 1. The summed E-state index contributed by atoms with van der Waals surface area (Å²) in [6, 6.07) is 12.7. The Balaban J connectivity index is 1.87. The Morgan fingerprint density at radius 1 is 1.16 bits per heavy atom. The standard InChI is InChI=1S/C21H23N3O/c1-15(25)13-16-10-11-20-19(14-16)23-21(18-9-5-6-12-22-18)24(20)17-7-3-2-4-8-17/h5-6,9-12,14,17H,2-4,7-8,13H2,1H3. The molecule has 25 heavy (non-hydrogen) atoms. The lowest BCUT2D eigenvalue weighted by molar-refractivity contribution is -0.116. The molecular weight excluding hydrogens is 310 g/mol. The normalized spacial score (nSPS) is 15.6. The highest BCUT2D eigenvalue weighted by Gasteiger charge is 2.22. The van der Waals surface area contributed by atoms with Crippen molar-refractivity contribution in [2.24, 2.45) is 0 Å². The van der Waals surface area contributed by atoms with E-state index in [4.69, 9.17) is 4.98 Å². The molecule has 0 N–H and O–H groups in total. The lowest BCUT2D eigenvalue weighted by atomic mass is 9.95. The monoisotopic (exact) mass is 333 g/mol. The van der Waals surface area contributed by atoms with E-state index in [1.54, 1.807) is 6.92 Å². The van der Waals surface area contributed by atoms with Crippen LogP contribution in [0, 0.1) is 0 Å². The summed E-state index contributed by atoms with van der Waals surface area (Å²) in [5.41, 5.74) is 4.06. The molecule has 0 saturated heterocycles. The summed E-state index contributed by atoms with van der Waals surface area (Å²) in [4.78, 5) is 20.9. The fraction of sp³-hybridized carbons (Fsp3) is 0.381. The van der Waals surface area contributed by atoms with E-state index >= 15 is 0 Å². The fourth-order valence-electron chi connectivity index (χ4n) is 3.93. The average Bonchev–Trinajstić information content (AvgIpc) is 3.01. The van der Waals surface area contributed by atoms with Gasteiger partial charge in [0.25, 0.3) is 0 Å². The number of carbonyl (C=O) groups excluding carboxylic acids is 1. The molecule has 0 radical (unpaired) electrons. The Labute approximate surface area is 147 Å². The van der Waals surface area contributed by atoms with Gasteiger partial charge in [0, 0.05) is 18.7 Å². The van der Waals surface area contributed by atoms with Crippen molar-refractivity contribution >= 4 is 16.8 Å². The summed E-state index contributed by atoms with van der Waals surface area (Å²) in [7, 11) is 0. The Kier molecular flexibility index (Phi) is 4.35. The third kappa shape index (κ3) is 3.21. The summed E-state index contributed by atoms with van der Waals surface area (Å²) < 4.78 is 2.38. The SMILES string of the molecule is CC(=O)Cc1ccc2c(c1)nc(-c1ccccn1)n2C1CCCCC1. The maximum absolute atomic E-state index is 11.5. The van der Waals surface area contributed by atoms with Gasteiger partial charge < -0.3 is 4.57 Å². The first-order valence-electron chi connectivity index (χ1n) is 9.14. The smallest absolute Gasteiger partial charge is 0.160 e. The summed E-state index contributed by atoms with van der Waals surface area (Å²) in [5.74, 6) is 1.12. The van der Waals surface area contributed by atoms with Crippen molar-refractivity contribution in [1.82, 2.24) is 14.5 Å². The molecule has 4 nitrogen and oxygen atoms in total. The minimum absolute atomic E-state index is 0.177. The molecule has 0 atom stereocenters. The first kappa shape index (κ1) is 16.0. The predicted molar refractivity (Wildman–Crippen MR) is 99.5 cm³/mol. The van der Waals surface area contributed by atoms with Crippen molar-refractivity contribution in [3.8, 4) is 11.5 Å². The number of Topliss-reactive ketones (excluding diaryl/α,β-unsaturated/α-hetero) is 1. The number of hydrogen-bond donors (Lipinski definition) is 0. The molecule has 0 amide bonds. The highest BCUT2D eigenvalue weighted by Crippen LogP contribution is 2.35. The van der Waals surface area contributed by atoms with Gasteiger partial charge in [-0.2, -0.15) is 0 Å². The van der Waals surface area contributed by atoms with Gasteiger partial charge in [0.1, 0.15) is 11.5 Å². The summed E-state index contributed by atoms with van der Waals surface area (Å²) >= 11 is 0. The van der Waals surface area contributed by atoms with Gasteiger partial charge in [-0.1, -0.05) is 31.4 Å². The molecule has 0 bridgehead atoms. The van der Waals surface area contributed by atoms with Gasteiger partial charge in [0.2, 0.25) is 0 Å². The van der Waals surface area contributed by atoms with Crippen molar-refractivity contribution in [3.05, 3.63) is 48.2 Å². The third-order valence-electron chi connectivity index (χ3n) is 5.04. The predicted octanol–water partition coefficient (Wildman–Crippen LogP) is 4.74. The van der Waals surface area contributed by atoms with Crippen LogP contribution in [0.3, 0.4) is 0 Å². The van der Waals surface area contributed by atoms with Crippen LogP contribution in [0.25, 0.3) is 22.6 Å². The zero-order chi connectivity index (χ0) is 17.2. The minimum Gasteiger partial charge on any atom is -0.320 e. The van der Waals surface area contributed by atoms with Crippen LogP contribution >= 0.6 is 0 Å². The Morgan fingerprint density at radius 2 is 2.00 bits per heavy atom. The number of pyridine rings is 1. The molecule has 3 aromatic rings. The van der Waals surface area contributed by atoms with Crippen LogP contribution in [0.5, 0.6) is 0 Å². The van der Waals surface area contributed by atoms with Crippen LogP contribution in [0.1, 0.15) is 50.6 Å². The first-order chi connectivity index (χ1) is 12.2. The number of fused-ring (bicyclic) bond motifs is 1. The van der Waals surface area contributed by atoms with Crippen LogP contribution in [-0.4, -0.2) is 20.3 Å². The van der Waals surface area contributed by atoms with Gasteiger partial charge >= 0.3 is 0 Å². The number of hydrogen-bond acceptors (Lipinski definition) is 3. The number of ketones is 1. The van der Waals surface area contributed by atoms with E-state index in [9.17, 15) is 4.79 Å². The van der Waals surface area contributed by atoms with E-state index in [1.165, 1.54) is 32.1 Å². The zero-order valence-electron chi connectivity index (χ0n) is 14.6. The maximum atomic E-state index is 11.5. The van der Waals surface area contributed by atoms with Crippen molar-refractivity contribution in [3.63, 3.8) is 0 Å². The summed E-state index contributed by atoms with van der Waals surface area (Å²) in [6.07, 6.45) is 8.54. The van der Waals surface area contributed by atoms with Crippen LogP contribution in [-0.2, 0) is 11.2 Å². The highest BCUT2D eigenvalue weighted by atomic mass is 16.1. The maximum Gasteiger partial charge on any atom is 0.160 e. The molecule has 2 aromatic heterocycles. The molecule has 0 aliphatic heterocycles. The van der Waals surface area contributed by atoms with Gasteiger partial charge in [-0.05, 0) is 49.6 Å². The van der Waals surface area contributed by atoms with E-state index in [0.717, 1.165) is 28.1 Å². The molecule has 1 saturated carbocycles. The van der Waals surface area contributed by atoms with Crippen LogP contribution < -0.4 is 0 Å². The second kappa shape index (κ2) is 6.79. The molecule has 0 spiro atoms. The van der Waals surface area contributed by atoms with E-state index in [1.807, 2.05) is 24.4 Å². The largest absolute Gasteiger partial charge is 0.320 e. The summed E-state index contributed by atoms with van der Waals surface area (Å²) in [6.45, 7) is 1.63. The van der Waals surface area contributed by atoms with Gasteiger partial charge in [-0.3, -0.25) is 9.78 Å². The molecule has 4 heteroatoms. The number of rotatable bonds is 4. The Bertz CT molecular complexity index is 892. The second-order valence-electron chi connectivity index (χ2n) is 7.01. The second-order valence-corrected chi connectivity index (χ2v) is 7.01. The number of aromatic nitrogens is 3. The van der Waals surface area contributed by atoms with Gasteiger partial charge in [0.05, 0.1) is 11.0 Å². The average molecular weight is 333 g/mol. The molecule has 1 aliphatic carbocycles. The molecule has 1 aromatic carbocycles. The van der Waals surface area contributed by atoms with Crippen molar-refractivity contribution in [2.45, 2.75) is 51.5 Å². The topological polar surface area (TPSA) is 47.8 Å². The lowest BCUT2D eigenvalue weighted by Crippen LogP contribution is -2.14. The Hall–Kier alpha value is -2.49. The van der Waals surface area contributed by atoms with Gasteiger partial charge in [-0.25, -0.2) is 4.98 Å². The molecule has 1 aliphatic rings.